The third-order valence-electron chi connectivity index (χ3n) is 3.58. The predicted molar refractivity (Wildman–Crippen MR) is 100 cm³/mol. The predicted octanol–water partition coefficient (Wildman–Crippen LogP) is 3.54. The van der Waals surface area contributed by atoms with Crippen molar-refractivity contribution in [1.82, 2.24) is 5.32 Å². The van der Waals surface area contributed by atoms with E-state index >= 15 is 0 Å². The highest BCUT2D eigenvalue weighted by Gasteiger charge is 2.35. The van der Waals surface area contributed by atoms with Crippen LogP contribution in [0.3, 0.4) is 0 Å². The minimum Gasteiger partial charge on any atom is -0.476 e. The molecule has 1 N–H and O–H groups in total. The molecule has 142 valence electrons. The van der Waals surface area contributed by atoms with E-state index in [4.69, 9.17) is 14.2 Å². The molecule has 0 aliphatic carbocycles. The van der Waals surface area contributed by atoms with Crippen molar-refractivity contribution < 1.29 is 19.0 Å². The first-order valence-electron chi connectivity index (χ1n) is 8.68. The van der Waals surface area contributed by atoms with Crippen molar-refractivity contribution in [2.24, 2.45) is 0 Å². The number of rotatable bonds is 8. The SMILES string of the molecule is COCCNCc1cc(C)c(OC(C)(C)C(=O)OC(C)(C)C)c(C)c1. The van der Waals surface area contributed by atoms with Crippen LogP contribution in [-0.4, -0.2) is 37.4 Å². The molecule has 1 aromatic rings. The van der Waals surface area contributed by atoms with Gasteiger partial charge in [-0.3, -0.25) is 0 Å². The Labute approximate surface area is 152 Å². The van der Waals surface area contributed by atoms with Gasteiger partial charge in [-0.05, 0) is 65.2 Å². The lowest BCUT2D eigenvalue weighted by Crippen LogP contribution is -2.43. The van der Waals surface area contributed by atoms with Gasteiger partial charge in [0.1, 0.15) is 11.4 Å². The van der Waals surface area contributed by atoms with Gasteiger partial charge < -0.3 is 19.5 Å². The molecule has 0 bridgehead atoms. The number of methoxy groups -OCH3 is 1. The minimum atomic E-state index is -1.05. The molecule has 5 heteroatoms. The molecular weight excluding hydrogens is 318 g/mol. The van der Waals surface area contributed by atoms with Gasteiger partial charge in [-0.2, -0.15) is 0 Å². The van der Waals surface area contributed by atoms with Crippen LogP contribution >= 0.6 is 0 Å². The van der Waals surface area contributed by atoms with E-state index < -0.39 is 11.2 Å². The highest BCUT2D eigenvalue weighted by Crippen LogP contribution is 2.29. The Morgan fingerprint density at radius 3 is 2.12 bits per heavy atom. The smallest absolute Gasteiger partial charge is 0.350 e. The van der Waals surface area contributed by atoms with Crippen LogP contribution in [0.1, 0.15) is 51.3 Å². The van der Waals surface area contributed by atoms with E-state index in [1.54, 1.807) is 21.0 Å². The first-order valence-corrected chi connectivity index (χ1v) is 8.68. The van der Waals surface area contributed by atoms with E-state index in [2.05, 4.69) is 17.4 Å². The maximum Gasteiger partial charge on any atom is 0.350 e. The Balaban J connectivity index is 2.86. The molecule has 1 rings (SSSR count). The second-order valence-corrected chi connectivity index (χ2v) is 7.84. The number of carbonyl (C=O) groups is 1. The van der Waals surface area contributed by atoms with Gasteiger partial charge in [-0.15, -0.1) is 0 Å². The molecule has 0 spiro atoms. The zero-order valence-corrected chi connectivity index (χ0v) is 16.9. The summed E-state index contributed by atoms with van der Waals surface area (Å²) < 4.78 is 16.6. The van der Waals surface area contributed by atoms with Crippen molar-refractivity contribution in [1.29, 1.82) is 0 Å². The van der Waals surface area contributed by atoms with Crippen molar-refractivity contribution in [3.63, 3.8) is 0 Å². The number of aryl methyl sites for hydroxylation is 2. The van der Waals surface area contributed by atoms with Gasteiger partial charge in [0, 0.05) is 20.2 Å². The molecule has 0 saturated heterocycles. The normalized spacial score (nSPS) is 12.2. The summed E-state index contributed by atoms with van der Waals surface area (Å²) in [5.74, 6) is 0.362. The molecular formula is C20H33NO4. The number of nitrogens with one attached hydrogen (secondary N) is 1. The molecule has 0 heterocycles. The van der Waals surface area contributed by atoms with Crippen LogP contribution in [0.5, 0.6) is 5.75 Å². The summed E-state index contributed by atoms with van der Waals surface area (Å²) >= 11 is 0. The second kappa shape index (κ2) is 8.68. The summed E-state index contributed by atoms with van der Waals surface area (Å²) in [6, 6.07) is 4.15. The van der Waals surface area contributed by atoms with Gasteiger partial charge in [0.15, 0.2) is 5.60 Å². The average molecular weight is 351 g/mol. The molecule has 0 aromatic heterocycles. The second-order valence-electron chi connectivity index (χ2n) is 7.84. The van der Waals surface area contributed by atoms with Crippen LogP contribution in [-0.2, 0) is 20.8 Å². The number of carbonyl (C=O) groups excluding carboxylic acids is 1. The number of hydrogen-bond donors (Lipinski definition) is 1. The fourth-order valence-electron chi connectivity index (χ4n) is 2.41. The van der Waals surface area contributed by atoms with Gasteiger partial charge >= 0.3 is 5.97 Å². The Morgan fingerprint density at radius 2 is 1.64 bits per heavy atom. The monoisotopic (exact) mass is 351 g/mol. The molecule has 5 nitrogen and oxygen atoms in total. The molecule has 1 aromatic carbocycles. The van der Waals surface area contributed by atoms with E-state index in [0.29, 0.717) is 6.61 Å². The summed E-state index contributed by atoms with van der Waals surface area (Å²) in [6.07, 6.45) is 0. The highest BCUT2D eigenvalue weighted by molar-refractivity contribution is 5.79. The van der Waals surface area contributed by atoms with Crippen molar-refractivity contribution in [3.8, 4) is 5.75 Å². The lowest BCUT2D eigenvalue weighted by Gasteiger charge is -2.30. The quantitative estimate of drug-likeness (QED) is 0.573. The van der Waals surface area contributed by atoms with Crippen molar-refractivity contribution in [2.75, 3.05) is 20.3 Å². The summed E-state index contributed by atoms with van der Waals surface area (Å²) in [4.78, 5) is 12.4. The Kier molecular flexibility index (Phi) is 7.44. The fourth-order valence-corrected chi connectivity index (χ4v) is 2.41. The number of benzene rings is 1. The molecule has 0 radical (unpaired) electrons. The van der Waals surface area contributed by atoms with Crippen molar-refractivity contribution >= 4 is 5.97 Å². The summed E-state index contributed by atoms with van der Waals surface area (Å²) in [7, 11) is 1.69. The number of esters is 1. The third-order valence-corrected chi connectivity index (χ3v) is 3.58. The Bertz CT molecular complexity index is 565. The maximum absolute atomic E-state index is 12.4. The van der Waals surface area contributed by atoms with Gasteiger partial charge in [0.2, 0.25) is 0 Å². The number of hydrogen-bond acceptors (Lipinski definition) is 5. The summed E-state index contributed by atoms with van der Waals surface area (Å²) in [5.41, 5.74) is 1.58. The molecule has 0 fully saturated rings. The fraction of sp³-hybridized carbons (Fsp3) is 0.650. The topological polar surface area (TPSA) is 56.8 Å². The molecule has 0 atom stereocenters. The van der Waals surface area contributed by atoms with Crippen LogP contribution in [0.15, 0.2) is 12.1 Å². The van der Waals surface area contributed by atoms with E-state index in [1.165, 1.54) is 5.56 Å². The largest absolute Gasteiger partial charge is 0.476 e. The summed E-state index contributed by atoms with van der Waals surface area (Å²) in [5, 5.41) is 3.33. The molecule has 0 aliphatic heterocycles. The van der Waals surface area contributed by atoms with Gasteiger partial charge in [-0.1, -0.05) is 12.1 Å². The van der Waals surface area contributed by atoms with Crippen molar-refractivity contribution in [3.05, 3.63) is 28.8 Å². The standard InChI is InChI=1S/C20H33NO4/c1-14-11-16(13-21-9-10-23-8)12-15(2)17(14)24-20(6,7)18(22)25-19(3,4)5/h11-12,21H,9-10,13H2,1-8H3. The summed E-state index contributed by atoms with van der Waals surface area (Å²) in [6.45, 7) is 15.3. The van der Waals surface area contributed by atoms with E-state index in [0.717, 1.165) is 30.0 Å². The van der Waals surface area contributed by atoms with Crippen LogP contribution < -0.4 is 10.1 Å². The average Bonchev–Trinajstić information content (AvgIpc) is 2.46. The Hall–Kier alpha value is -1.59. The first kappa shape index (κ1) is 21.5. The van der Waals surface area contributed by atoms with Gasteiger partial charge in [0.25, 0.3) is 0 Å². The first-order chi connectivity index (χ1) is 11.5. The number of ether oxygens (including phenoxy) is 3. The van der Waals surface area contributed by atoms with E-state index in [1.807, 2.05) is 34.6 Å². The van der Waals surface area contributed by atoms with Gasteiger partial charge in [0.05, 0.1) is 6.61 Å². The molecule has 0 saturated carbocycles. The minimum absolute atomic E-state index is 0.371. The van der Waals surface area contributed by atoms with Crippen LogP contribution in [0.4, 0.5) is 0 Å². The van der Waals surface area contributed by atoms with Crippen LogP contribution in [0.25, 0.3) is 0 Å². The van der Waals surface area contributed by atoms with E-state index in [9.17, 15) is 4.79 Å². The third kappa shape index (κ3) is 7.04. The Morgan fingerprint density at radius 1 is 1.08 bits per heavy atom. The lowest BCUT2D eigenvalue weighted by atomic mass is 10.0. The highest BCUT2D eigenvalue weighted by atomic mass is 16.6. The zero-order chi connectivity index (χ0) is 19.3. The molecule has 0 amide bonds. The van der Waals surface area contributed by atoms with Crippen molar-refractivity contribution in [2.45, 2.75) is 66.2 Å². The van der Waals surface area contributed by atoms with E-state index in [-0.39, 0.29) is 5.97 Å². The molecule has 0 unspecified atom stereocenters. The molecule has 25 heavy (non-hydrogen) atoms. The maximum atomic E-state index is 12.4. The molecule has 0 aliphatic rings. The van der Waals surface area contributed by atoms with Gasteiger partial charge in [-0.25, -0.2) is 4.79 Å². The van der Waals surface area contributed by atoms with Crippen LogP contribution in [0.2, 0.25) is 0 Å². The zero-order valence-electron chi connectivity index (χ0n) is 16.9. The lowest BCUT2D eigenvalue weighted by molar-refractivity contribution is -0.171. The van der Waals surface area contributed by atoms with Crippen LogP contribution in [0, 0.1) is 13.8 Å².